The molecule has 17 heavy (non-hydrogen) atoms. The largest absolute Gasteiger partial charge is 0.341 e. The van der Waals surface area contributed by atoms with Gasteiger partial charge in [0, 0.05) is 25.4 Å². The van der Waals surface area contributed by atoms with Crippen molar-refractivity contribution in [1.29, 1.82) is 0 Å². The third-order valence-electron chi connectivity index (χ3n) is 3.62. The predicted molar refractivity (Wildman–Crippen MR) is 60.5 cm³/mol. The van der Waals surface area contributed by atoms with Crippen molar-refractivity contribution in [3.63, 3.8) is 0 Å². The molecule has 0 aromatic carbocycles. The maximum Gasteiger partial charge on any atom is 0.275 e. The van der Waals surface area contributed by atoms with Crippen molar-refractivity contribution in [3.8, 4) is 0 Å². The predicted octanol–water partition coefficient (Wildman–Crippen LogP) is -0.0167. The Kier molecular flexibility index (Phi) is 2.36. The van der Waals surface area contributed by atoms with Crippen molar-refractivity contribution in [3.05, 3.63) is 11.1 Å². The van der Waals surface area contributed by atoms with E-state index in [1.165, 1.54) is 11.5 Å². The number of amides is 2. The molecule has 0 saturated carbocycles. The molecule has 90 valence electrons. The number of likely N-dealkylation sites (tertiary alicyclic amines) is 2. The minimum Gasteiger partial charge on any atom is -0.341 e. The van der Waals surface area contributed by atoms with E-state index >= 15 is 0 Å². The van der Waals surface area contributed by atoms with Crippen LogP contribution in [0.1, 0.15) is 23.3 Å². The quantitative estimate of drug-likeness (QED) is 0.704. The van der Waals surface area contributed by atoms with E-state index < -0.39 is 0 Å². The zero-order valence-electron chi connectivity index (χ0n) is 9.37. The van der Waals surface area contributed by atoms with Gasteiger partial charge in [-0.15, -0.1) is 5.10 Å². The second-order valence-electron chi connectivity index (χ2n) is 4.42. The molecule has 0 aliphatic carbocycles. The molecule has 2 aliphatic heterocycles. The lowest BCUT2D eigenvalue weighted by Crippen LogP contribution is -2.39. The van der Waals surface area contributed by atoms with Crippen LogP contribution in [0, 0.1) is 0 Å². The van der Waals surface area contributed by atoms with Crippen LogP contribution in [0.25, 0.3) is 0 Å². The first kappa shape index (κ1) is 10.6. The second kappa shape index (κ2) is 3.76. The number of carbonyl (C=O) groups is 2. The Morgan fingerprint density at radius 2 is 2.35 bits per heavy atom. The number of fused-ring (bicyclic) bond motifs is 1. The van der Waals surface area contributed by atoms with Crippen molar-refractivity contribution in [2.45, 2.75) is 24.9 Å². The Morgan fingerprint density at radius 1 is 1.53 bits per heavy atom. The molecule has 2 fully saturated rings. The fourth-order valence-corrected chi connectivity index (χ4v) is 3.13. The fourth-order valence-electron chi connectivity index (χ4n) is 2.70. The van der Waals surface area contributed by atoms with E-state index in [2.05, 4.69) is 9.59 Å². The molecule has 2 saturated heterocycles. The zero-order chi connectivity index (χ0) is 12.0. The zero-order valence-corrected chi connectivity index (χ0v) is 10.2. The Balaban J connectivity index is 1.83. The van der Waals surface area contributed by atoms with Gasteiger partial charge in [-0.3, -0.25) is 9.59 Å². The molecule has 0 N–H and O–H groups in total. The van der Waals surface area contributed by atoms with Crippen molar-refractivity contribution in [2.75, 3.05) is 13.6 Å². The number of likely N-dealkylation sites (N-methyl/N-ethyl adjacent to an activating group) is 1. The van der Waals surface area contributed by atoms with E-state index in [-0.39, 0.29) is 23.9 Å². The van der Waals surface area contributed by atoms with Crippen molar-refractivity contribution >= 4 is 23.3 Å². The van der Waals surface area contributed by atoms with Crippen molar-refractivity contribution in [2.24, 2.45) is 0 Å². The van der Waals surface area contributed by atoms with Gasteiger partial charge < -0.3 is 9.80 Å². The molecule has 2 aliphatic rings. The molecule has 0 bridgehead atoms. The number of nitrogens with zero attached hydrogens (tertiary/aromatic N) is 4. The van der Waals surface area contributed by atoms with Gasteiger partial charge in [0.1, 0.15) is 0 Å². The molecule has 0 radical (unpaired) electrons. The van der Waals surface area contributed by atoms with Crippen LogP contribution >= 0.6 is 11.5 Å². The maximum atomic E-state index is 12.2. The third-order valence-corrected chi connectivity index (χ3v) is 4.13. The molecular formula is C10H12N4O2S. The first-order chi connectivity index (χ1) is 8.18. The molecule has 0 spiro atoms. The topological polar surface area (TPSA) is 66.4 Å². The fraction of sp³-hybridized carbons (Fsp3) is 0.600. The maximum absolute atomic E-state index is 12.2. The van der Waals surface area contributed by atoms with Crippen LogP contribution in [0.5, 0.6) is 0 Å². The number of aromatic nitrogens is 2. The van der Waals surface area contributed by atoms with Crippen LogP contribution in [-0.4, -0.2) is 56.9 Å². The van der Waals surface area contributed by atoms with Gasteiger partial charge in [0.2, 0.25) is 5.91 Å². The lowest BCUT2D eigenvalue weighted by atomic mass is 10.1. The Bertz CT molecular complexity index is 461. The van der Waals surface area contributed by atoms with Crippen LogP contribution in [0.2, 0.25) is 0 Å². The molecule has 1 aromatic heterocycles. The highest BCUT2D eigenvalue weighted by molar-refractivity contribution is 7.03. The van der Waals surface area contributed by atoms with Gasteiger partial charge in [-0.2, -0.15) is 0 Å². The molecular weight excluding hydrogens is 240 g/mol. The summed E-state index contributed by atoms with van der Waals surface area (Å²) in [6, 6.07) is 0.194. The van der Waals surface area contributed by atoms with Crippen LogP contribution in [0.4, 0.5) is 0 Å². The van der Waals surface area contributed by atoms with Gasteiger partial charge in [0.05, 0.1) is 12.1 Å². The number of hydrogen-bond acceptors (Lipinski definition) is 5. The van der Waals surface area contributed by atoms with Crippen LogP contribution < -0.4 is 0 Å². The van der Waals surface area contributed by atoms with E-state index in [9.17, 15) is 9.59 Å². The average Bonchev–Trinajstić information content (AvgIpc) is 2.99. The van der Waals surface area contributed by atoms with Crippen molar-refractivity contribution < 1.29 is 9.59 Å². The summed E-state index contributed by atoms with van der Waals surface area (Å²) in [6.45, 7) is 0.698. The molecule has 6 nitrogen and oxygen atoms in total. The van der Waals surface area contributed by atoms with Gasteiger partial charge in [-0.25, -0.2) is 0 Å². The van der Waals surface area contributed by atoms with Crippen LogP contribution in [-0.2, 0) is 4.79 Å². The Hall–Kier alpha value is -1.50. The number of hydrogen-bond donors (Lipinski definition) is 0. The summed E-state index contributed by atoms with van der Waals surface area (Å²) in [5.74, 6) is 0.0169. The van der Waals surface area contributed by atoms with E-state index in [0.717, 1.165) is 6.42 Å². The SMILES string of the molecule is CN1C(=O)C[C@@H]2[C@@H]1CCN2C(=O)c1csnn1. The highest BCUT2D eigenvalue weighted by Crippen LogP contribution is 2.32. The molecule has 0 unspecified atom stereocenters. The van der Waals surface area contributed by atoms with Gasteiger partial charge in [-0.1, -0.05) is 4.49 Å². The Morgan fingerprint density at radius 3 is 3.06 bits per heavy atom. The summed E-state index contributed by atoms with van der Waals surface area (Å²) in [4.78, 5) is 27.3. The second-order valence-corrected chi connectivity index (χ2v) is 5.03. The van der Waals surface area contributed by atoms with E-state index in [0.29, 0.717) is 18.7 Å². The molecule has 7 heteroatoms. The molecule has 1 aromatic rings. The van der Waals surface area contributed by atoms with Gasteiger partial charge in [0.15, 0.2) is 5.69 Å². The Labute approximate surface area is 102 Å². The molecule has 3 heterocycles. The van der Waals surface area contributed by atoms with Crippen LogP contribution in [0.3, 0.4) is 0 Å². The molecule has 3 rings (SSSR count). The summed E-state index contributed by atoms with van der Waals surface area (Å²) < 4.78 is 3.70. The smallest absolute Gasteiger partial charge is 0.275 e. The van der Waals surface area contributed by atoms with E-state index in [1.807, 2.05) is 7.05 Å². The van der Waals surface area contributed by atoms with E-state index in [4.69, 9.17) is 0 Å². The minimum absolute atomic E-state index is 0.0155. The number of carbonyl (C=O) groups excluding carboxylic acids is 2. The highest BCUT2D eigenvalue weighted by Gasteiger charge is 2.47. The number of rotatable bonds is 1. The summed E-state index contributed by atoms with van der Waals surface area (Å²) >= 11 is 1.17. The summed E-state index contributed by atoms with van der Waals surface area (Å²) in [6.07, 6.45) is 1.29. The average molecular weight is 252 g/mol. The summed E-state index contributed by atoms with van der Waals surface area (Å²) in [7, 11) is 1.81. The first-order valence-electron chi connectivity index (χ1n) is 5.52. The first-order valence-corrected chi connectivity index (χ1v) is 6.36. The summed E-state index contributed by atoms with van der Waals surface area (Å²) in [5.41, 5.74) is 0.387. The monoisotopic (exact) mass is 252 g/mol. The van der Waals surface area contributed by atoms with Crippen molar-refractivity contribution in [1.82, 2.24) is 19.4 Å². The standard InChI is InChI=1S/C10H12N4O2S/c1-13-7-2-3-14(8(7)4-9(13)15)10(16)6-5-17-12-11-6/h5,7-8H,2-4H2,1H3/t7-,8+/m0/s1. The van der Waals surface area contributed by atoms with Gasteiger partial charge >= 0.3 is 0 Å². The lowest BCUT2D eigenvalue weighted by Gasteiger charge is -2.22. The minimum atomic E-state index is -0.102. The van der Waals surface area contributed by atoms with Gasteiger partial charge in [-0.05, 0) is 18.0 Å². The van der Waals surface area contributed by atoms with Gasteiger partial charge in [0.25, 0.3) is 5.91 Å². The molecule has 2 amide bonds. The highest BCUT2D eigenvalue weighted by atomic mass is 32.1. The van der Waals surface area contributed by atoms with E-state index in [1.54, 1.807) is 15.2 Å². The third kappa shape index (κ3) is 1.53. The summed E-state index contributed by atoms with van der Waals surface area (Å²) in [5, 5.41) is 5.44. The molecule has 2 atom stereocenters. The normalized spacial score (nSPS) is 27.7. The van der Waals surface area contributed by atoms with Crippen LogP contribution in [0.15, 0.2) is 5.38 Å². The lowest BCUT2D eigenvalue weighted by molar-refractivity contribution is -0.127.